The maximum absolute atomic E-state index is 11.2. The van der Waals surface area contributed by atoms with Gasteiger partial charge in [0.1, 0.15) is 11.9 Å². The van der Waals surface area contributed by atoms with Gasteiger partial charge in [-0.3, -0.25) is 0 Å². The minimum atomic E-state index is -0.939. The Morgan fingerprint density at radius 3 is 2.50 bits per heavy atom. The van der Waals surface area contributed by atoms with Crippen molar-refractivity contribution >= 4 is 17.3 Å². The largest absolute Gasteiger partial charge is 0.481 e. The number of hydrogen-bond donors (Lipinski definition) is 1. The van der Waals surface area contributed by atoms with E-state index in [0.717, 1.165) is 16.9 Å². The number of para-hydroxylation sites is 1. The Morgan fingerprint density at radius 1 is 1.00 bits per heavy atom. The monoisotopic (exact) mass is 310 g/mol. The van der Waals surface area contributed by atoms with Crippen LogP contribution in [0.3, 0.4) is 0 Å². The molecule has 3 aromatic rings. The van der Waals surface area contributed by atoms with Gasteiger partial charge in [-0.25, -0.2) is 4.79 Å². The Kier molecular flexibility index (Phi) is 4.21. The van der Waals surface area contributed by atoms with E-state index < -0.39 is 5.97 Å². The Morgan fingerprint density at radius 2 is 1.82 bits per heavy atom. The minimum Gasteiger partial charge on any atom is -0.481 e. The molecule has 0 bridgehead atoms. The zero-order chi connectivity index (χ0) is 15.4. The number of carboxylic acid groups (broad SMARTS) is 1. The van der Waals surface area contributed by atoms with E-state index in [2.05, 4.69) is 0 Å². The molecule has 0 saturated carbocycles. The fourth-order valence-electron chi connectivity index (χ4n) is 2.22. The van der Waals surface area contributed by atoms with Crippen molar-refractivity contribution in [2.24, 2.45) is 0 Å². The molecule has 0 spiro atoms. The third-order valence-corrected chi connectivity index (χ3v) is 3.98. The summed E-state index contributed by atoms with van der Waals surface area (Å²) in [5, 5.41) is 13.2. The van der Waals surface area contributed by atoms with Crippen LogP contribution in [-0.2, 0) is 0 Å². The molecule has 0 amide bonds. The number of aromatic carboxylic acids is 1. The van der Waals surface area contributed by atoms with Crippen molar-refractivity contribution in [3.8, 4) is 5.75 Å². The number of rotatable bonds is 5. The topological polar surface area (TPSA) is 46.5 Å². The van der Waals surface area contributed by atoms with Gasteiger partial charge in [0.2, 0.25) is 0 Å². The first kappa shape index (κ1) is 14.4. The number of hydrogen-bond acceptors (Lipinski definition) is 3. The van der Waals surface area contributed by atoms with Gasteiger partial charge in [0, 0.05) is 5.56 Å². The standard InChI is InChI=1S/C18H14O3S/c19-18(20)14-6-4-5-13(11-14)17(15-9-10-22-12-15)21-16-7-2-1-3-8-16/h1-12,17H,(H,19,20). The van der Waals surface area contributed by atoms with Crippen LogP contribution >= 0.6 is 11.3 Å². The zero-order valence-corrected chi connectivity index (χ0v) is 12.5. The van der Waals surface area contributed by atoms with Gasteiger partial charge in [-0.2, -0.15) is 11.3 Å². The van der Waals surface area contributed by atoms with Crippen LogP contribution < -0.4 is 4.74 Å². The summed E-state index contributed by atoms with van der Waals surface area (Å²) in [5.74, 6) is -0.190. The van der Waals surface area contributed by atoms with E-state index in [-0.39, 0.29) is 11.7 Å². The van der Waals surface area contributed by atoms with Crippen LogP contribution in [0.25, 0.3) is 0 Å². The quantitative estimate of drug-likeness (QED) is 0.748. The summed E-state index contributed by atoms with van der Waals surface area (Å²) in [6, 6.07) is 18.4. The lowest BCUT2D eigenvalue weighted by Crippen LogP contribution is -2.09. The van der Waals surface area contributed by atoms with Crippen LogP contribution in [0.15, 0.2) is 71.4 Å². The second-order valence-electron chi connectivity index (χ2n) is 4.80. The van der Waals surface area contributed by atoms with Gasteiger partial charge in [0.15, 0.2) is 0 Å². The normalized spacial score (nSPS) is 11.8. The number of thiophene rings is 1. The molecule has 1 N–H and O–H groups in total. The second kappa shape index (κ2) is 6.45. The lowest BCUT2D eigenvalue weighted by molar-refractivity contribution is 0.0696. The number of benzene rings is 2. The smallest absolute Gasteiger partial charge is 0.335 e. The van der Waals surface area contributed by atoms with Crippen molar-refractivity contribution in [3.63, 3.8) is 0 Å². The average molecular weight is 310 g/mol. The predicted molar refractivity (Wildman–Crippen MR) is 86.6 cm³/mol. The van der Waals surface area contributed by atoms with Gasteiger partial charge in [-0.15, -0.1) is 0 Å². The molecule has 1 aromatic heterocycles. The SMILES string of the molecule is O=C(O)c1cccc(C(Oc2ccccc2)c2ccsc2)c1. The van der Waals surface area contributed by atoms with E-state index in [4.69, 9.17) is 4.74 Å². The Labute approximate surface area is 132 Å². The molecule has 110 valence electrons. The van der Waals surface area contributed by atoms with Gasteiger partial charge in [0.05, 0.1) is 5.56 Å². The van der Waals surface area contributed by atoms with E-state index in [1.54, 1.807) is 29.5 Å². The van der Waals surface area contributed by atoms with Gasteiger partial charge in [-0.1, -0.05) is 30.3 Å². The highest BCUT2D eigenvalue weighted by atomic mass is 32.1. The Balaban J connectivity index is 1.99. The maximum atomic E-state index is 11.2. The average Bonchev–Trinajstić information content (AvgIpc) is 3.08. The summed E-state index contributed by atoms with van der Waals surface area (Å²) < 4.78 is 6.09. The molecule has 1 unspecified atom stereocenters. The van der Waals surface area contributed by atoms with E-state index in [1.807, 2.05) is 53.2 Å². The number of carbonyl (C=O) groups is 1. The van der Waals surface area contributed by atoms with Crippen molar-refractivity contribution < 1.29 is 14.6 Å². The molecule has 0 radical (unpaired) electrons. The van der Waals surface area contributed by atoms with E-state index >= 15 is 0 Å². The van der Waals surface area contributed by atoms with E-state index in [9.17, 15) is 9.90 Å². The highest BCUT2D eigenvalue weighted by Crippen LogP contribution is 2.30. The molecule has 4 heteroatoms. The molecule has 3 nitrogen and oxygen atoms in total. The predicted octanol–water partition coefficient (Wildman–Crippen LogP) is 4.61. The molecule has 0 aliphatic rings. The van der Waals surface area contributed by atoms with Crippen LogP contribution in [0.5, 0.6) is 5.75 Å². The molecule has 0 fully saturated rings. The maximum Gasteiger partial charge on any atom is 0.335 e. The highest BCUT2D eigenvalue weighted by Gasteiger charge is 2.18. The lowest BCUT2D eigenvalue weighted by atomic mass is 10.0. The zero-order valence-electron chi connectivity index (χ0n) is 11.7. The van der Waals surface area contributed by atoms with Gasteiger partial charge in [0.25, 0.3) is 0 Å². The molecule has 22 heavy (non-hydrogen) atoms. The summed E-state index contributed by atoms with van der Waals surface area (Å²) in [4.78, 5) is 11.2. The molecule has 0 saturated heterocycles. The molecule has 3 rings (SSSR count). The van der Waals surface area contributed by atoms with Crippen LogP contribution in [0, 0.1) is 0 Å². The summed E-state index contributed by atoms with van der Waals surface area (Å²) >= 11 is 1.59. The molecule has 1 heterocycles. The second-order valence-corrected chi connectivity index (χ2v) is 5.58. The summed E-state index contributed by atoms with van der Waals surface area (Å²) in [5.41, 5.74) is 2.09. The van der Waals surface area contributed by atoms with Gasteiger partial charge < -0.3 is 9.84 Å². The van der Waals surface area contributed by atoms with E-state index in [1.165, 1.54) is 0 Å². The van der Waals surface area contributed by atoms with Crippen LogP contribution in [0.4, 0.5) is 0 Å². The van der Waals surface area contributed by atoms with Crippen molar-refractivity contribution in [2.45, 2.75) is 6.10 Å². The summed E-state index contributed by atoms with van der Waals surface area (Å²) in [7, 11) is 0. The van der Waals surface area contributed by atoms with Crippen LogP contribution in [0.1, 0.15) is 27.6 Å². The molecular weight excluding hydrogens is 296 g/mol. The summed E-state index contributed by atoms with van der Waals surface area (Å²) in [6.07, 6.45) is -0.326. The lowest BCUT2D eigenvalue weighted by Gasteiger charge is -2.19. The molecule has 1 atom stereocenters. The van der Waals surface area contributed by atoms with Crippen LogP contribution in [-0.4, -0.2) is 11.1 Å². The van der Waals surface area contributed by atoms with Crippen LogP contribution in [0.2, 0.25) is 0 Å². The fraction of sp³-hybridized carbons (Fsp3) is 0.0556. The number of ether oxygens (including phenoxy) is 1. The van der Waals surface area contributed by atoms with Crippen molar-refractivity contribution in [1.29, 1.82) is 0 Å². The van der Waals surface area contributed by atoms with Crippen molar-refractivity contribution in [2.75, 3.05) is 0 Å². The Hall–Kier alpha value is -2.59. The van der Waals surface area contributed by atoms with Gasteiger partial charge >= 0.3 is 5.97 Å². The summed E-state index contributed by atoms with van der Waals surface area (Å²) in [6.45, 7) is 0. The molecule has 0 aliphatic carbocycles. The number of carboxylic acids is 1. The third kappa shape index (κ3) is 3.18. The Bertz CT molecular complexity index is 751. The molecule has 0 aliphatic heterocycles. The highest BCUT2D eigenvalue weighted by molar-refractivity contribution is 7.08. The third-order valence-electron chi connectivity index (χ3n) is 3.28. The first-order valence-electron chi connectivity index (χ1n) is 6.81. The van der Waals surface area contributed by atoms with Crippen molar-refractivity contribution in [1.82, 2.24) is 0 Å². The first-order valence-corrected chi connectivity index (χ1v) is 7.75. The first-order chi connectivity index (χ1) is 10.7. The molecular formula is C18H14O3S. The van der Waals surface area contributed by atoms with E-state index in [0.29, 0.717) is 0 Å². The van der Waals surface area contributed by atoms with Crippen molar-refractivity contribution in [3.05, 3.63) is 88.1 Å². The van der Waals surface area contributed by atoms with Gasteiger partial charge in [-0.05, 0) is 46.7 Å². The minimum absolute atomic E-state index is 0.259. The fourth-order valence-corrected chi connectivity index (χ4v) is 2.90. The molecule has 2 aromatic carbocycles.